The number of rotatable bonds is 7. The van der Waals surface area contributed by atoms with E-state index in [4.69, 9.17) is 14.5 Å². The molecule has 0 amide bonds. The third-order valence-electron chi connectivity index (χ3n) is 4.04. The van der Waals surface area contributed by atoms with E-state index in [1.807, 2.05) is 31.2 Å². The summed E-state index contributed by atoms with van der Waals surface area (Å²) in [6.45, 7) is 5.10. The molecular weight excluding hydrogens is 316 g/mol. The van der Waals surface area contributed by atoms with Crippen LogP contribution < -0.4 is 15.0 Å². The van der Waals surface area contributed by atoms with Gasteiger partial charge in [0.1, 0.15) is 18.1 Å². The van der Waals surface area contributed by atoms with Gasteiger partial charge in [0.05, 0.1) is 17.8 Å². The van der Waals surface area contributed by atoms with Crippen molar-refractivity contribution in [2.45, 2.75) is 33.3 Å². The van der Waals surface area contributed by atoms with Crippen LogP contribution in [0.5, 0.6) is 11.5 Å². The van der Waals surface area contributed by atoms with Crippen LogP contribution in [0.15, 0.2) is 47.4 Å². The highest BCUT2D eigenvalue weighted by Crippen LogP contribution is 2.31. The number of ether oxygens (including phenoxy) is 2. The van der Waals surface area contributed by atoms with Gasteiger partial charge in [0.15, 0.2) is 0 Å². The van der Waals surface area contributed by atoms with E-state index in [9.17, 15) is 4.79 Å². The SMILES string of the molecule is CCCCOc1c(C)c(COc2cc[nH]c(=O)c2)nc2ccccc12. The van der Waals surface area contributed by atoms with Crippen molar-refractivity contribution in [1.29, 1.82) is 0 Å². The number of pyridine rings is 2. The zero-order valence-corrected chi connectivity index (χ0v) is 14.5. The first kappa shape index (κ1) is 17.0. The molecule has 0 aliphatic carbocycles. The molecule has 3 rings (SSSR count). The van der Waals surface area contributed by atoms with E-state index in [1.165, 1.54) is 6.07 Å². The summed E-state index contributed by atoms with van der Waals surface area (Å²) in [5.41, 5.74) is 2.47. The standard InChI is InChI=1S/C20H22N2O3/c1-3-4-11-24-20-14(2)18(22-17-8-6-5-7-16(17)20)13-25-15-9-10-21-19(23)12-15/h5-10,12H,3-4,11,13H2,1-2H3,(H,21,23). The molecule has 2 heterocycles. The summed E-state index contributed by atoms with van der Waals surface area (Å²) >= 11 is 0. The fourth-order valence-corrected chi connectivity index (χ4v) is 2.64. The second-order valence-electron chi connectivity index (χ2n) is 5.91. The smallest absolute Gasteiger partial charge is 0.251 e. The molecule has 0 spiro atoms. The van der Waals surface area contributed by atoms with E-state index >= 15 is 0 Å². The van der Waals surface area contributed by atoms with Crippen LogP contribution in [0.1, 0.15) is 31.0 Å². The molecule has 5 heteroatoms. The number of hydrogen-bond donors (Lipinski definition) is 1. The lowest BCUT2D eigenvalue weighted by molar-refractivity contribution is 0.292. The Morgan fingerprint density at radius 2 is 2.00 bits per heavy atom. The highest BCUT2D eigenvalue weighted by atomic mass is 16.5. The first-order valence-corrected chi connectivity index (χ1v) is 8.51. The first-order chi connectivity index (χ1) is 12.2. The number of fused-ring (bicyclic) bond motifs is 1. The van der Waals surface area contributed by atoms with Crippen molar-refractivity contribution in [3.63, 3.8) is 0 Å². The second-order valence-corrected chi connectivity index (χ2v) is 5.91. The molecule has 3 aromatic rings. The third kappa shape index (κ3) is 3.99. The Kier molecular flexibility index (Phi) is 5.33. The van der Waals surface area contributed by atoms with Crippen LogP contribution in [-0.2, 0) is 6.61 Å². The van der Waals surface area contributed by atoms with Crippen LogP contribution in [0.2, 0.25) is 0 Å². The van der Waals surface area contributed by atoms with Gasteiger partial charge in [-0.15, -0.1) is 0 Å². The molecule has 0 atom stereocenters. The monoisotopic (exact) mass is 338 g/mol. The van der Waals surface area contributed by atoms with E-state index in [0.29, 0.717) is 12.4 Å². The van der Waals surface area contributed by atoms with Gasteiger partial charge in [-0.3, -0.25) is 4.79 Å². The van der Waals surface area contributed by atoms with Crippen LogP contribution in [-0.4, -0.2) is 16.6 Å². The predicted molar refractivity (Wildman–Crippen MR) is 98.3 cm³/mol. The number of nitrogens with zero attached hydrogens (tertiary/aromatic N) is 1. The Morgan fingerprint density at radius 1 is 1.16 bits per heavy atom. The summed E-state index contributed by atoms with van der Waals surface area (Å²) in [7, 11) is 0. The number of hydrogen-bond acceptors (Lipinski definition) is 4. The Bertz CT molecular complexity index is 918. The summed E-state index contributed by atoms with van der Waals surface area (Å²) in [5.74, 6) is 1.38. The van der Waals surface area contributed by atoms with Gasteiger partial charge >= 0.3 is 0 Å². The van der Waals surface area contributed by atoms with Crippen molar-refractivity contribution >= 4 is 10.9 Å². The molecular formula is C20H22N2O3. The molecule has 130 valence electrons. The molecule has 0 radical (unpaired) electrons. The summed E-state index contributed by atoms with van der Waals surface area (Å²) in [4.78, 5) is 18.7. The van der Waals surface area contributed by atoms with E-state index in [1.54, 1.807) is 12.3 Å². The van der Waals surface area contributed by atoms with E-state index in [2.05, 4.69) is 11.9 Å². The molecule has 0 aliphatic heterocycles. The van der Waals surface area contributed by atoms with Gasteiger partial charge in [0.25, 0.3) is 5.56 Å². The number of unbranched alkanes of at least 4 members (excludes halogenated alkanes) is 1. The average molecular weight is 338 g/mol. The maximum atomic E-state index is 11.4. The quantitative estimate of drug-likeness (QED) is 0.662. The molecule has 0 fully saturated rings. The molecule has 1 N–H and O–H groups in total. The lowest BCUT2D eigenvalue weighted by Crippen LogP contribution is -2.08. The maximum Gasteiger partial charge on any atom is 0.251 e. The van der Waals surface area contributed by atoms with Crippen LogP contribution in [0.4, 0.5) is 0 Å². The summed E-state index contributed by atoms with van der Waals surface area (Å²) in [6, 6.07) is 11.1. The Hall–Kier alpha value is -2.82. The van der Waals surface area contributed by atoms with Gasteiger partial charge in [0, 0.05) is 23.2 Å². The lowest BCUT2D eigenvalue weighted by atomic mass is 10.1. The minimum atomic E-state index is -0.190. The van der Waals surface area contributed by atoms with Crippen molar-refractivity contribution in [3.8, 4) is 11.5 Å². The second kappa shape index (κ2) is 7.83. The molecule has 0 saturated carbocycles. The summed E-state index contributed by atoms with van der Waals surface area (Å²) in [5, 5.41) is 1.01. The van der Waals surface area contributed by atoms with Crippen molar-refractivity contribution in [3.05, 3.63) is 64.2 Å². The summed E-state index contributed by atoms with van der Waals surface area (Å²) in [6.07, 6.45) is 3.66. The van der Waals surface area contributed by atoms with Crippen LogP contribution in [0, 0.1) is 6.92 Å². The van der Waals surface area contributed by atoms with Crippen LogP contribution in [0.25, 0.3) is 10.9 Å². The largest absolute Gasteiger partial charge is 0.493 e. The van der Waals surface area contributed by atoms with Crippen LogP contribution in [0.3, 0.4) is 0 Å². The van der Waals surface area contributed by atoms with E-state index in [0.717, 1.165) is 40.8 Å². The minimum absolute atomic E-state index is 0.190. The minimum Gasteiger partial charge on any atom is -0.493 e. The van der Waals surface area contributed by atoms with Crippen molar-refractivity contribution < 1.29 is 9.47 Å². The lowest BCUT2D eigenvalue weighted by Gasteiger charge is -2.15. The normalized spacial score (nSPS) is 10.8. The van der Waals surface area contributed by atoms with Crippen LogP contribution >= 0.6 is 0 Å². The average Bonchev–Trinajstić information content (AvgIpc) is 2.62. The molecule has 0 saturated heterocycles. The van der Waals surface area contributed by atoms with Gasteiger partial charge in [-0.2, -0.15) is 0 Å². The molecule has 0 aliphatic rings. The number of H-pyrrole nitrogens is 1. The molecule has 1 aromatic carbocycles. The number of benzene rings is 1. The number of para-hydroxylation sites is 1. The maximum absolute atomic E-state index is 11.4. The molecule has 0 unspecified atom stereocenters. The molecule has 25 heavy (non-hydrogen) atoms. The van der Waals surface area contributed by atoms with Crippen molar-refractivity contribution in [2.24, 2.45) is 0 Å². The predicted octanol–water partition coefficient (Wildman–Crippen LogP) is 3.99. The third-order valence-corrected chi connectivity index (χ3v) is 4.04. The Balaban J connectivity index is 1.91. The molecule has 0 bridgehead atoms. The van der Waals surface area contributed by atoms with Gasteiger partial charge in [-0.05, 0) is 31.5 Å². The zero-order chi connectivity index (χ0) is 17.6. The van der Waals surface area contributed by atoms with Gasteiger partial charge < -0.3 is 14.5 Å². The van der Waals surface area contributed by atoms with Gasteiger partial charge in [-0.25, -0.2) is 4.98 Å². The fourth-order valence-electron chi connectivity index (χ4n) is 2.64. The zero-order valence-electron chi connectivity index (χ0n) is 14.5. The number of aromatic nitrogens is 2. The van der Waals surface area contributed by atoms with Crippen molar-refractivity contribution in [2.75, 3.05) is 6.61 Å². The highest BCUT2D eigenvalue weighted by molar-refractivity contribution is 5.86. The van der Waals surface area contributed by atoms with Crippen molar-refractivity contribution in [1.82, 2.24) is 9.97 Å². The van der Waals surface area contributed by atoms with Gasteiger partial charge in [-0.1, -0.05) is 25.5 Å². The topological polar surface area (TPSA) is 64.2 Å². The van der Waals surface area contributed by atoms with Gasteiger partial charge in [0.2, 0.25) is 0 Å². The van der Waals surface area contributed by atoms with E-state index < -0.39 is 0 Å². The molecule has 2 aromatic heterocycles. The number of nitrogens with one attached hydrogen (secondary N) is 1. The van der Waals surface area contributed by atoms with E-state index in [-0.39, 0.29) is 12.2 Å². The Labute approximate surface area is 146 Å². The molecule has 5 nitrogen and oxygen atoms in total. The fraction of sp³-hybridized carbons (Fsp3) is 0.300. The summed E-state index contributed by atoms with van der Waals surface area (Å²) < 4.78 is 11.8. The number of aromatic amines is 1. The Morgan fingerprint density at radius 3 is 2.80 bits per heavy atom. The highest BCUT2D eigenvalue weighted by Gasteiger charge is 2.13. The first-order valence-electron chi connectivity index (χ1n) is 8.51.